The first-order chi connectivity index (χ1) is 14.8. The van der Waals surface area contributed by atoms with Gasteiger partial charge >= 0.3 is 0 Å². The number of anilines is 1. The van der Waals surface area contributed by atoms with Crippen LogP contribution in [0.15, 0.2) is 34.7 Å². The second-order valence-corrected chi connectivity index (χ2v) is 8.88. The number of rotatable bonds is 5. The van der Waals surface area contributed by atoms with Crippen molar-refractivity contribution in [2.75, 3.05) is 12.4 Å². The number of nitrogens with zero attached hydrogens (tertiary/aromatic N) is 1. The molecule has 31 heavy (non-hydrogen) atoms. The number of carbonyl (C=O) groups excluding carboxylic acids is 1. The van der Waals surface area contributed by atoms with Crippen LogP contribution >= 0.6 is 11.3 Å². The topological polar surface area (TPSA) is 64.4 Å². The molecule has 5 nitrogen and oxygen atoms in total. The van der Waals surface area contributed by atoms with Crippen LogP contribution in [0.25, 0.3) is 10.2 Å². The van der Waals surface area contributed by atoms with E-state index in [-0.39, 0.29) is 11.7 Å². The standard InChI is InChI=1S/C25H26N2O3S/c1-13-14(2)16(4)20(17(5)15(13)3)11-19-8-10-22(30-19)24(28)27-25-26-21-9-7-18(29-6)12-23(21)31-25/h7-10,12H,11H2,1-6H3,(H,26,27,28). The third-order valence-corrected chi connectivity index (χ3v) is 7.14. The molecular formula is C25H26N2O3S. The van der Waals surface area contributed by atoms with E-state index in [4.69, 9.17) is 9.15 Å². The monoisotopic (exact) mass is 434 g/mol. The summed E-state index contributed by atoms with van der Waals surface area (Å²) in [5.74, 6) is 1.51. The van der Waals surface area contributed by atoms with Crippen LogP contribution < -0.4 is 10.1 Å². The number of carbonyl (C=O) groups is 1. The van der Waals surface area contributed by atoms with Crippen molar-refractivity contribution in [1.29, 1.82) is 0 Å². The molecule has 160 valence electrons. The van der Waals surface area contributed by atoms with Crippen molar-refractivity contribution in [1.82, 2.24) is 4.98 Å². The molecule has 2 heterocycles. The predicted octanol–water partition coefficient (Wildman–Crippen LogP) is 6.28. The molecular weight excluding hydrogens is 408 g/mol. The molecule has 6 heteroatoms. The van der Waals surface area contributed by atoms with Gasteiger partial charge in [0.15, 0.2) is 10.9 Å². The number of furan rings is 1. The normalized spacial score (nSPS) is 11.2. The molecule has 0 aliphatic carbocycles. The van der Waals surface area contributed by atoms with Crippen molar-refractivity contribution in [3.05, 3.63) is 75.2 Å². The highest BCUT2D eigenvalue weighted by molar-refractivity contribution is 7.22. The summed E-state index contributed by atoms with van der Waals surface area (Å²) in [6, 6.07) is 9.23. The van der Waals surface area contributed by atoms with Gasteiger partial charge in [0.05, 0.1) is 17.3 Å². The average molecular weight is 435 g/mol. The smallest absolute Gasteiger partial charge is 0.293 e. The number of hydrogen-bond donors (Lipinski definition) is 1. The molecule has 2 aromatic carbocycles. The number of amides is 1. The van der Waals surface area contributed by atoms with E-state index < -0.39 is 0 Å². The van der Waals surface area contributed by atoms with E-state index in [1.807, 2.05) is 24.3 Å². The Labute approximate surface area is 186 Å². The average Bonchev–Trinajstić information content (AvgIpc) is 3.39. The highest BCUT2D eigenvalue weighted by Crippen LogP contribution is 2.30. The fourth-order valence-electron chi connectivity index (χ4n) is 3.86. The van der Waals surface area contributed by atoms with Crippen molar-refractivity contribution in [2.24, 2.45) is 0 Å². The summed E-state index contributed by atoms with van der Waals surface area (Å²) < 4.78 is 12.1. The summed E-state index contributed by atoms with van der Waals surface area (Å²) in [6.07, 6.45) is 0.661. The van der Waals surface area contributed by atoms with Gasteiger partial charge in [-0.15, -0.1) is 0 Å². The van der Waals surface area contributed by atoms with Crippen LogP contribution in [0.5, 0.6) is 5.75 Å². The maximum atomic E-state index is 12.7. The van der Waals surface area contributed by atoms with E-state index in [0.29, 0.717) is 11.6 Å². The van der Waals surface area contributed by atoms with E-state index in [1.165, 1.54) is 44.7 Å². The molecule has 0 unspecified atom stereocenters. The minimum absolute atomic E-state index is 0.280. The molecule has 0 aliphatic rings. The lowest BCUT2D eigenvalue weighted by Gasteiger charge is -2.18. The van der Waals surface area contributed by atoms with E-state index in [0.717, 1.165) is 21.7 Å². The molecule has 2 aromatic heterocycles. The Morgan fingerprint density at radius 3 is 2.35 bits per heavy atom. The summed E-state index contributed by atoms with van der Waals surface area (Å²) in [5.41, 5.74) is 8.62. The Hall–Kier alpha value is -3.12. The van der Waals surface area contributed by atoms with Crippen LogP contribution in [0, 0.1) is 34.6 Å². The number of hydrogen-bond acceptors (Lipinski definition) is 5. The van der Waals surface area contributed by atoms with Crippen molar-refractivity contribution >= 4 is 32.6 Å². The first-order valence-corrected chi connectivity index (χ1v) is 11.0. The lowest BCUT2D eigenvalue weighted by atomic mass is 9.88. The van der Waals surface area contributed by atoms with E-state index in [2.05, 4.69) is 44.9 Å². The van der Waals surface area contributed by atoms with Gasteiger partial charge in [0, 0.05) is 6.42 Å². The summed E-state index contributed by atoms with van der Waals surface area (Å²) in [6.45, 7) is 10.8. The number of benzene rings is 2. The van der Waals surface area contributed by atoms with E-state index in [1.54, 1.807) is 13.2 Å². The fourth-order valence-corrected chi connectivity index (χ4v) is 4.75. The van der Waals surface area contributed by atoms with Gasteiger partial charge in [-0.3, -0.25) is 10.1 Å². The zero-order valence-electron chi connectivity index (χ0n) is 18.7. The van der Waals surface area contributed by atoms with Gasteiger partial charge in [-0.1, -0.05) is 11.3 Å². The molecule has 1 N–H and O–H groups in total. The van der Waals surface area contributed by atoms with Gasteiger partial charge in [-0.2, -0.15) is 0 Å². The van der Waals surface area contributed by atoms with Gasteiger partial charge < -0.3 is 9.15 Å². The largest absolute Gasteiger partial charge is 0.497 e. The Morgan fingerprint density at radius 2 is 1.68 bits per heavy atom. The number of ether oxygens (including phenoxy) is 1. The molecule has 0 radical (unpaired) electrons. The lowest BCUT2D eigenvalue weighted by molar-refractivity contribution is 0.0995. The third kappa shape index (κ3) is 3.95. The Bertz CT molecular complexity index is 1270. The summed E-state index contributed by atoms with van der Waals surface area (Å²) in [4.78, 5) is 17.2. The molecule has 0 spiro atoms. The number of thiazole rings is 1. The summed E-state index contributed by atoms with van der Waals surface area (Å²) in [5, 5.41) is 3.37. The summed E-state index contributed by atoms with van der Waals surface area (Å²) in [7, 11) is 1.63. The predicted molar refractivity (Wildman–Crippen MR) is 126 cm³/mol. The van der Waals surface area contributed by atoms with E-state index in [9.17, 15) is 4.79 Å². The fraction of sp³-hybridized carbons (Fsp3) is 0.280. The second kappa shape index (κ2) is 8.19. The molecule has 0 saturated heterocycles. The Morgan fingerprint density at radius 1 is 1.00 bits per heavy atom. The Balaban J connectivity index is 1.53. The van der Waals surface area contributed by atoms with Gasteiger partial charge in [0.2, 0.25) is 0 Å². The van der Waals surface area contributed by atoms with E-state index >= 15 is 0 Å². The molecule has 4 rings (SSSR count). The quantitative estimate of drug-likeness (QED) is 0.401. The maximum Gasteiger partial charge on any atom is 0.293 e. The van der Waals surface area contributed by atoms with Crippen LogP contribution in [0.3, 0.4) is 0 Å². The van der Waals surface area contributed by atoms with Crippen molar-refractivity contribution < 1.29 is 13.9 Å². The second-order valence-electron chi connectivity index (χ2n) is 7.85. The minimum Gasteiger partial charge on any atom is -0.497 e. The molecule has 0 atom stereocenters. The van der Waals surface area contributed by atoms with Crippen molar-refractivity contribution in [2.45, 2.75) is 41.0 Å². The van der Waals surface area contributed by atoms with Crippen LogP contribution in [0.4, 0.5) is 5.13 Å². The van der Waals surface area contributed by atoms with Crippen LogP contribution in [0.2, 0.25) is 0 Å². The summed E-state index contributed by atoms with van der Waals surface area (Å²) >= 11 is 1.40. The Kier molecular flexibility index (Phi) is 5.58. The number of aromatic nitrogens is 1. The SMILES string of the molecule is COc1ccc2nc(NC(=O)c3ccc(Cc4c(C)c(C)c(C)c(C)c4C)o3)sc2c1. The molecule has 0 bridgehead atoms. The first kappa shape index (κ1) is 21.1. The van der Waals surface area contributed by atoms with Crippen molar-refractivity contribution in [3.63, 3.8) is 0 Å². The molecule has 1 amide bonds. The molecule has 0 saturated carbocycles. The van der Waals surface area contributed by atoms with Crippen molar-refractivity contribution in [3.8, 4) is 5.75 Å². The van der Waals surface area contributed by atoms with Gasteiger partial charge in [-0.25, -0.2) is 4.98 Å². The highest BCUT2D eigenvalue weighted by atomic mass is 32.1. The number of nitrogens with one attached hydrogen (secondary N) is 1. The maximum absolute atomic E-state index is 12.7. The highest BCUT2D eigenvalue weighted by Gasteiger charge is 2.17. The molecule has 0 aliphatic heterocycles. The molecule has 4 aromatic rings. The molecule has 0 fully saturated rings. The number of fused-ring (bicyclic) bond motifs is 1. The zero-order valence-corrected chi connectivity index (χ0v) is 19.5. The van der Waals surface area contributed by atoms with Crippen LogP contribution in [-0.4, -0.2) is 18.0 Å². The minimum atomic E-state index is -0.304. The van der Waals surface area contributed by atoms with Gasteiger partial charge in [0.1, 0.15) is 11.5 Å². The van der Waals surface area contributed by atoms with Gasteiger partial charge in [0.25, 0.3) is 5.91 Å². The lowest BCUT2D eigenvalue weighted by Crippen LogP contribution is -2.10. The van der Waals surface area contributed by atoms with Gasteiger partial charge in [-0.05, 0) is 98.3 Å². The van der Waals surface area contributed by atoms with Crippen LogP contribution in [0.1, 0.15) is 49.7 Å². The number of methoxy groups -OCH3 is 1. The third-order valence-electron chi connectivity index (χ3n) is 6.21. The first-order valence-electron chi connectivity index (χ1n) is 10.2. The van der Waals surface area contributed by atoms with Crippen LogP contribution in [-0.2, 0) is 6.42 Å². The zero-order chi connectivity index (χ0) is 22.3.